The standard InChI is InChI=1S/C13H10Cl2N2S/c14-10-5-4-8-12(9-10)17(13(18)16-15)11-6-2-1-3-7-11/h1-9H,(H,16,18). The quantitative estimate of drug-likeness (QED) is 0.648. The Morgan fingerprint density at radius 2 is 1.67 bits per heavy atom. The number of hydrogen-bond acceptors (Lipinski definition) is 1. The zero-order chi connectivity index (χ0) is 13.0. The minimum atomic E-state index is 0.394. The number of anilines is 2. The molecule has 2 aromatic carbocycles. The van der Waals surface area contributed by atoms with Crippen molar-refractivity contribution in [3.05, 3.63) is 59.6 Å². The summed E-state index contributed by atoms with van der Waals surface area (Å²) in [5.74, 6) is 0. The van der Waals surface area contributed by atoms with Crippen LogP contribution in [-0.2, 0) is 0 Å². The largest absolute Gasteiger partial charge is 0.287 e. The van der Waals surface area contributed by atoms with Crippen LogP contribution in [0.15, 0.2) is 54.6 Å². The van der Waals surface area contributed by atoms with Crippen molar-refractivity contribution in [3.63, 3.8) is 0 Å². The molecule has 0 aliphatic rings. The fourth-order valence-corrected chi connectivity index (χ4v) is 2.10. The first-order valence-electron chi connectivity index (χ1n) is 5.23. The smallest absolute Gasteiger partial charge is 0.192 e. The zero-order valence-electron chi connectivity index (χ0n) is 9.31. The molecule has 18 heavy (non-hydrogen) atoms. The lowest BCUT2D eigenvalue weighted by Gasteiger charge is -2.24. The summed E-state index contributed by atoms with van der Waals surface area (Å²) >= 11 is 16.8. The Morgan fingerprint density at radius 3 is 2.28 bits per heavy atom. The van der Waals surface area contributed by atoms with E-state index < -0.39 is 0 Å². The van der Waals surface area contributed by atoms with Crippen LogP contribution in [0, 0.1) is 0 Å². The number of benzene rings is 2. The second-order valence-corrected chi connectivity index (χ2v) is 4.56. The van der Waals surface area contributed by atoms with Crippen LogP contribution in [0.1, 0.15) is 0 Å². The Balaban J connectivity index is 2.47. The summed E-state index contributed by atoms with van der Waals surface area (Å²) < 4.78 is 0. The van der Waals surface area contributed by atoms with E-state index in [1.165, 1.54) is 0 Å². The minimum Gasteiger partial charge on any atom is -0.287 e. The molecule has 2 nitrogen and oxygen atoms in total. The molecule has 0 spiro atoms. The SMILES string of the molecule is S=C(NCl)N(c1ccccc1)c1cccc(Cl)c1. The number of nitrogens with one attached hydrogen (secondary N) is 1. The molecule has 0 saturated heterocycles. The van der Waals surface area contributed by atoms with Crippen LogP contribution in [0.25, 0.3) is 0 Å². The van der Waals surface area contributed by atoms with E-state index in [4.69, 9.17) is 35.6 Å². The summed E-state index contributed by atoms with van der Waals surface area (Å²) in [6.45, 7) is 0. The Hall–Kier alpha value is -1.29. The maximum absolute atomic E-state index is 6.00. The second kappa shape index (κ2) is 6.05. The predicted octanol–water partition coefficient (Wildman–Crippen LogP) is 4.51. The molecule has 0 unspecified atom stereocenters. The van der Waals surface area contributed by atoms with Crippen molar-refractivity contribution in [2.45, 2.75) is 0 Å². The van der Waals surface area contributed by atoms with Gasteiger partial charge in [-0.3, -0.25) is 9.74 Å². The van der Waals surface area contributed by atoms with Crippen molar-refractivity contribution < 1.29 is 0 Å². The van der Waals surface area contributed by atoms with Gasteiger partial charge in [0.1, 0.15) is 0 Å². The summed E-state index contributed by atoms with van der Waals surface area (Å²) in [6, 6.07) is 17.1. The van der Waals surface area contributed by atoms with Crippen molar-refractivity contribution in [2.24, 2.45) is 0 Å². The fourth-order valence-electron chi connectivity index (χ4n) is 1.62. The summed E-state index contributed by atoms with van der Waals surface area (Å²) in [6.07, 6.45) is 0. The number of rotatable bonds is 2. The molecule has 0 aliphatic carbocycles. The number of para-hydroxylation sites is 1. The lowest BCUT2D eigenvalue weighted by molar-refractivity contribution is 1.30. The molecule has 0 atom stereocenters. The van der Waals surface area contributed by atoms with Crippen molar-refractivity contribution >= 4 is 52.1 Å². The van der Waals surface area contributed by atoms with Crippen LogP contribution in [0.2, 0.25) is 5.02 Å². The van der Waals surface area contributed by atoms with E-state index in [2.05, 4.69) is 4.84 Å². The maximum atomic E-state index is 6.00. The van der Waals surface area contributed by atoms with Gasteiger partial charge in [0.15, 0.2) is 5.11 Å². The highest BCUT2D eigenvalue weighted by Gasteiger charge is 2.13. The molecule has 0 bridgehead atoms. The van der Waals surface area contributed by atoms with Crippen molar-refractivity contribution in [3.8, 4) is 0 Å². The van der Waals surface area contributed by atoms with Crippen LogP contribution < -0.4 is 9.74 Å². The first-order chi connectivity index (χ1) is 8.72. The highest BCUT2D eigenvalue weighted by Crippen LogP contribution is 2.27. The molecule has 2 aromatic rings. The van der Waals surface area contributed by atoms with Crippen LogP contribution in [0.3, 0.4) is 0 Å². The van der Waals surface area contributed by atoms with Gasteiger partial charge in [-0.05, 0) is 42.5 Å². The first kappa shape index (κ1) is 13.1. The van der Waals surface area contributed by atoms with Crippen molar-refractivity contribution in [2.75, 3.05) is 4.90 Å². The van der Waals surface area contributed by atoms with E-state index >= 15 is 0 Å². The molecule has 0 radical (unpaired) electrons. The van der Waals surface area contributed by atoms with E-state index in [1.807, 2.05) is 59.5 Å². The Labute approximate surface area is 121 Å². The van der Waals surface area contributed by atoms with E-state index in [0.29, 0.717) is 10.1 Å². The lowest BCUT2D eigenvalue weighted by Crippen LogP contribution is -2.31. The molecule has 0 amide bonds. The summed E-state index contributed by atoms with van der Waals surface area (Å²) in [5.41, 5.74) is 1.77. The van der Waals surface area contributed by atoms with Crippen LogP contribution in [0.4, 0.5) is 11.4 Å². The molecule has 0 aromatic heterocycles. The minimum absolute atomic E-state index is 0.394. The van der Waals surface area contributed by atoms with Gasteiger partial charge in [-0.2, -0.15) is 0 Å². The van der Waals surface area contributed by atoms with Crippen LogP contribution >= 0.6 is 35.6 Å². The monoisotopic (exact) mass is 296 g/mol. The average molecular weight is 297 g/mol. The molecule has 0 fully saturated rings. The summed E-state index contributed by atoms with van der Waals surface area (Å²) in [5, 5.41) is 1.04. The number of nitrogens with zero attached hydrogens (tertiary/aromatic N) is 1. The van der Waals surface area contributed by atoms with E-state index in [1.54, 1.807) is 0 Å². The van der Waals surface area contributed by atoms with Gasteiger partial charge in [-0.25, -0.2) is 0 Å². The van der Waals surface area contributed by atoms with Crippen LogP contribution in [-0.4, -0.2) is 5.11 Å². The van der Waals surface area contributed by atoms with Crippen LogP contribution in [0.5, 0.6) is 0 Å². The molecule has 0 heterocycles. The first-order valence-corrected chi connectivity index (χ1v) is 6.40. The molecule has 0 aliphatic heterocycles. The van der Waals surface area contributed by atoms with Crippen molar-refractivity contribution in [1.29, 1.82) is 0 Å². The Morgan fingerprint density at radius 1 is 1.00 bits per heavy atom. The predicted molar refractivity (Wildman–Crippen MR) is 81.6 cm³/mol. The number of halogens is 2. The highest BCUT2D eigenvalue weighted by molar-refractivity contribution is 7.80. The molecule has 1 N–H and O–H groups in total. The van der Waals surface area contributed by atoms with Gasteiger partial charge in [0, 0.05) is 28.2 Å². The molecular weight excluding hydrogens is 287 g/mol. The average Bonchev–Trinajstić information content (AvgIpc) is 2.40. The third-order valence-electron chi connectivity index (χ3n) is 2.36. The van der Waals surface area contributed by atoms with Gasteiger partial charge in [0.2, 0.25) is 0 Å². The Kier molecular flexibility index (Phi) is 4.42. The van der Waals surface area contributed by atoms with Gasteiger partial charge in [-0.15, -0.1) is 0 Å². The molecule has 5 heteroatoms. The van der Waals surface area contributed by atoms with Gasteiger partial charge in [0.25, 0.3) is 0 Å². The topological polar surface area (TPSA) is 15.3 Å². The normalized spacial score (nSPS) is 9.89. The third-order valence-corrected chi connectivity index (χ3v) is 3.18. The van der Waals surface area contributed by atoms with E-state index in [9.17, 15) is 0 Å². The zero-order valence-corrected chi connectivity index (χ0v) is 11.6. The summed E-state index contributed by atoms with van der Waals surface area (Å²) in [4.78, 5) is 4.28. The Bertz CT molecular complexity index is 546. The lowest BCUT2D eigenvalue weighted by atomic mass is 10.2. The fraction of sp³-hybridized carbons (Fsp3) is 0. The summed E-state index contributed by atoms with van der Waals surface area (Å²) in [7, 11) is 0. The molecule has 0 saturated carbocycles. The maximum Gasteiger partial charge on any atom is 0.192 e. The number of thiocarbonyl (C=S) groups is 1. The molecular formula is C13H10Cl2N2S. The van der Waals surface area contributed by atoms with E-state index in [-0.39, 0.29) is 0 Å². The highest BCUT2D eigenvalue weighted by atomic mass is 35.5. The molecule has 2 rings (SSSR count). The van der Waals surface area contributed by atoms with Gasteiger partial charge < -0.3 is 0 Å². The van der Waals surface area contributed by atoms with Gasteiger partial charge in [-0.1, -0.05) is 35.9 Å². The van der Waals surface area contributed by atoms with Gasteiger partial charge in [0.05, 0.1) is 0 Å². The third kappa shape index (κ3) is 2.93. The molecule has 92 valence electrons. The van der Waals surface area contributed by atoms with E-state index in [0.717, 1.165) is 11.4 Å². The van der Waals surface area contributed by atoms with Gasteiger partial charge >= 0.3 is 0 Å². The van der Waals surface area contributed by atoms with Crippen molar-refractivity contribution in [1.82, 2.24) is 4.84 Å². The number of hydrogen-bond donors (Lipinski definition) is 1. The second-order valence-electron chi connectivity index (χ2n) is 3.55.